The number of rotatable bonds is 4. The highest BCUT2D eigenvalue weighted by Crippen LogP contribution is 2.25. The van der Waals surface area contributed by atoms with Crippen LogP contribution in [0.3, 0.4) is 0 Å². The van der Waals surface area contributed by atoms with Gasteiger partial charge in [-0.15, -0.1) is 0 Å². The van der Waals surface area contributed by atoms with Gasteiger partial charge in [-0.05, 0) is 12.1 Å². The molecule has 0 fully saturated rings. The number of nitrogens with two attached hydrogens (primary N) is 1. The van der Waals surface area contributed by atoms with Crippen molar-refractivity contribution in [2.24, 2.45) is 5.14 Å². The topological polar surface area (TPSA) is 107 Å². The average Bonchev–Trinajstić information content (AvgIpc) is 2.12. The van der Waals surface area contributed by atoms with Crippen molar-refractivity contribution in [3.8, 4) is 5.75 Å². The van der Waals surface area contributed by atoms with E-state index in [9.17, 15) is 13.2 Å². The molecule has 0 aromatic heterocycles. The predicted octanol–water partition coefficient (Wildman–Crippen LogP) is 0.451. The van der Waals surface area contributed by atoms with Gasteiger partial charge in [0.15, 0.2) is 6.61 Å². The van der Waals surface area contributed by atoms with Crippen molar-refractivity contribution in [1.82, 2.24) is 0 Å². The molecular formula is C8H8ClNO5S. The monoisotopic (exact) mass is 265 g/mol. The fourth-order valence-corrected chi connectivity index (χ4v) is 2.03. The fourth-order valence-electron chi connectivity index (χ4n) is 0.947. The van der Waals surface area contributed by atoms with E-state index in [0.29, 0.717) is 0 Å². The summed E-state index contributed by atoms with van der Waals surface area (Å²) in [5.41, 5.74) is 0. The molecule has 1 rings (SSSR count). The first-order chi connectivity index (χ1) is 7.30. The molecule has 0 amide bonds. The lowest BCUT2D eigenvalue weighted by Gasteiger charge is -2.06. The highest BCUT2D eigenvalue weighted by molar-refractivity contribution is 7.89. The van der Waals surface area contributed by atoms with Crippen molar-refractivity contribution < 1.29 is 23.1 Å². The van der Waals surface area contributed by atoms with Gasteiger partial charge in [-0.2, -0.15) is 0 Å². The Morgan fingerprint density at radius 3 is 2.56 bits per heavy atom. The maximum atomic E-state index is 11.0. The Morgan fingerprint density at radius 2 is 2.12 bits per heavy atom. The summed E-state index contributed by atoms with van der Waals surface area (Å²) in [4.78, 5) is 9.97. The molecule has 1 aromatic rings. The van der Waals surface area contributed by atoms with Gasteiger partial charge in [-0.1, -0.05) is 11.6 Å². The van der Waals surface area contributed by atoms with E-state index in [4.69, 9.17) is 26.6 Å². The summed E-state index contributed by atoms with van der Waals surface area (Å²) in [7, 11) is -3.89. The maximum absolute atomic E-state index is 11.0. The number of aliphatic carboxylic acids is 1. The molecule has 0 unspecified atom stereocenters. The molecule has 0 aliphatic carbocycles. The molecular weight excluding hydrogens is 258 g/mol. The van der Waals surface area contributed by atoms with E-state index in [1.165, 1.54) is 12.1 Å². The molecule has 0 saturated carbocycles. The van der Waals surface area contributed by atoms with Crippen molar-refractivity contribution in [1.29, 1.82) is 0 Å². The van der Waals surface area contributed by atoms with E-state index < -0.39 is 22.6 Å². The summed E-state index contributed by atoms with van der Waals surface area (Å²) < 4.78 is 26.8. The van der Waals surface area contributed by atoms with Crippen LogP contribution in [0.2, 0.25) is 5.02 Å². The third-order valence-electron chi connectivity index (χ3n) is 1.57. The second-order valence-corrected chi connectivity index (χ2v) is 4.76. The molecule has 0 aliphatic rings. The summed E-state index contributed by atoms with van der Waals surface area (Å²) in [5.74, 6) is -0.994. The molecule has 8 heteroatoms. The molecule has 0 radical (unpaired) electrons. The number of hydrogen-bond acceptors (Lipinski definition) is 4. The predicted molar refractivity (Wildman–Crippen MR) is 56.0 cm³/mol. The van der Waals surface area contributed by atoms with Crippen molar-refractivity contribution in [2.75, 3.05) is 6.61 Å². The van der Waals surface area contributed by atoms with Crippen LogP contribution in [-0.2, 0) is 14.8 Å². The Labute approximate surface area is 96.6 Å². The minimum atomic E-state index is -3.89. The Kier molecular flexibility index (Phi) is 3.74. The van der Waals surface area contributed by atoms with E-state index in [-0.39, 0.29) is 15.7 Å². The lowest BCUT2D eigenvalue weighted by atomic mass is 10.3. The summed E-state index contributed by atoms with van der Waals surface area (Å²) in [6.45, 7) is -0.537. The van der Waals surface area contributed by atoms with Crippen molar-refractivity contribution >= 4 is 27.6 Å². The lowest BCUT2D eigenvalue weighted by molar-refractivity contribution is -0.139. The van der Waals surface area contributed by atoms with Crippen LogP contribution >= 0.6 is 11.6 Å². The Balaban J connectivity index is 2.96. The van der Waals surface area contributed by atoms with Crippen molar-refractivity contribution in [2.45, 2.75) is 4.90 Å². The van der Waals surface area contributed by atoms with E-state index >= 15 is 0 Å². The summed E-state index contributed by atoms with van der Waals surface area (Å²) in [6.07, 6.45) is 0. The van der Waals surface area contributed by atoms with E-state index in [1.807, 2.05) is 0 Å². The van der Waals surface area contributed by atoms with Crippen molar-refractivity contribution in [3.63, 3.8) is 0 Å². The van der Waals surface area contributed by atoms with Gasteiger partial charge in [0.1, 0.15) is 10.6 Å². The van der Waals surface area contributed by atoms with E-state index in [0.717, 1.165) is 6.07 Å². The van der Waals surface area contributed by atoms with Crippen LogP contribution in [0.25, 0.3) is 0 Å². The van der Waals surface area contributed by atoms with Crippen LogP contribution in [0.4, 0.5) is 0 Å². The highest BCUT2D eigenvalue weighted by Gasteiger charge is 2.13. The molecule has 0 bridgehead atoms. The number of carboxylic acids is 1. The third-order valence-corrected chi connectivity index (χ3v) is 2.97. The van der Waals surface area contributed by atoms with Gasteiger partial charge in [-0.25, -0.2) is 18.4 Å². The van der Waals surface area contributed by atoms with Crippen molar-refractivity contribution in [3.05, 3.63) is 23.2 Å². The average molecular weight is 266 g/mol. The van der Waals surface area contributed by atoms with Crippen LogP contribution in [0.1, 0.15) is 0 Å². The number of ether oxygens (including phenoxy) is 1. The summed E-state index contributed by atoms with van der Waals surface area (Å²) >= 11 is 5.64. The minimum Gasteiger partial charge on any atom is -0.482 e. The largest absolute Gasteiger partial charge is 0.482 e. The molecule has 0 saturated heterocycles. The quantitative estimate of drug-likeness (QED) is 0.822. The number of primary sulfonamides is 1. The number of carboxylic acid groups (broad SMARTS) is 1. The second kappa shape index (κ2) is 4.69. The van der Waals surface area contributed by atoms with Gasteiger partial charge in [-0.3, -0.25) is 0 Å². The Bertz CT molecular complexity index is 513. The first-order valence-corrected chi connectivity index (χ1v) is 5.90. The van der Waals surface area contributed by atoms with E-state index in [1.54, 1.807) is 0 Å². The highest BCUT2D eigenvalue weighted by atomic mass is 35.5. The van der Waals surface area contributed by atoms with Crippen LogP contribution in [-0.4, -0.2) is 26.1 Å². The standard InChI is InChI=1S/C8H8ClNO5S/c9-6-3-5(15-4-8(11)12)1-2-7(6)16(10,13)14/h1-3H,4H2,(H,11,12)(H2,10,13,14). The van der Waals surface area contributed by atoms with Crippen LogP contribution in [0, 0.1) is 0 Å². The zero-order chi connectivity index (χ0) is 12.3. The smallest absolute Gasteiger partial charge is 0.341 e. The molecule has 6 nitrogen and oxygen atoms in total. The van der Waals surface area contributed by atoms with Crippen LogP contribution in [0.5, 0.6) is 5.75 Å². The molecule has 0 spiro atoms. The fraction of sp³-hybridized carbons (Fsp3) is 0.125. The summed E-state index contributed by atoms with van der Waals surface area (Å²) in [6, 6.07) is 3.60. The van der Waals surface area contributed by atoms with Gasteiger partial charge in [0.05, 0.1) is 5.02 Å². The minimum absolute atomic E-state index is 0.120. The van der Waals surface area contributed by atoms with Gasteiger partial charge < -0.3 is 9.84 Å². The first-order valence-electron chi connectivity index (χ1n) is 3.97. The maximum Gasteiger partial charge on any atom is 0.341 e. The molecule has 88 valence electrons. The third kappa shape index (κ3) is 3.37. The van der Waals surface area contributed by atoms with Gasteiger partial charge in [0, 0.05) is 6.07 Å². The van der Waals surface area contributed by atoms with E-state index in [2.05, 4.69) is 0 Å². The Morgan fingerprint density at radius 1 is 1.50 bits per heavy atom. The number of carbonyl (C=O) groups is 1. The molecule has 3 N–H and O–H groups in total. The second-order valence-electron chi connectivity index (χ2n) is 2.82. The number of hydrogen-bond donors (Lipinski definition) is 2. The number of halogens is 1. The van der Waals surface area contributed by atoms with Crippen LogP contribution in [0.15, 0.2) is 23.1 Å². The summed E-state index contributed by atoms with van der Waals surface area (Å²) in [5, 5.41) is 13.1. The SMILES string of the molecule is NS(=O)(=O)c1ccc(OCC(=O)O)cc1Cl. The normalized spacial score (nSPS) is 11.1. The molecule has 0 heterocycles. The zero-order valence-electron chi connectivity index (χ0n) is 7.88. The molecule has 0 atom stereocenters. The number of sulfonamides is 1. The van der Waals surface area contributed by atoms with Gasteiger partial charge in [0.2, 0.25) is 10.0 Å². The molecule has 0 aliphatic heterocycles. The zero-order valence-corrected chi connectivity index (χ0v) is 9.46. The number of benzene rings is 1. The molecule has 16 heavy (non-hydrogen) atoms. The molecule has 1 aromatic carbocycles. The lowest BCUT2D eigenvalue weighted by Crippen LogP contribution is -2.13. The first kappa shape index (κ1) is 12.8. The van der Waals surface area contributed by atoms with Gasteiger partial charge >= 0.3 is 5.97 Å². The van der Waals surface area contributed by atoms with Gasteiger partial charge in [0.25, 0.3) is 0 Å². The Hall–Kier alpha value is -1.31. The van der Waals surface area contributed by atoms with Crippen LogP contribution < -0.4 is 9.88 Å².